The number of methoxy groups -OCH3 is 1. The summed E-state index contributed by atoms with van der Waals surface area (Å²) >= 11 is 3.16. The van der Waals surface area contributed by atoms with Crippen LogP contribution in [0, 0.1) is 11.6 Å². The van der Waals surface area contributed by atoms with E-state index >= 15 is 0 Å². The summed E-state index contributed by atoms with van der Waals surface area (Å²) in [6.45, 7) is 0. The lowest BCUT2D eigenvalue weighted by atomic mass is 9.98. The maximum Gasteiger partial charge on any atom is 0.165 e. The molecule has 2 nitrogen and oxygen atoms in total. The molecular weight excluding hydrogens is 328 g/mol. The van der Waals surface area contributed by atoms with Crippen LogP contribution in [0.3, 0.4) is 0 Å². The number of benzene rings is 2. The first kappa shape index (κ1) is 14.9. The Labute approximate surface area is 124 Å². The summed E-state index contributed by atoms with van der Waals surface area (Å²) in [6, 6.07) is 9.19. The second kappa shape index (κ2) is 6.33. The predicted octanol–water partition coefficient (Wildman–Crippen LogP) is 4.04. The Morgan fingerprint density at radius 2 is 1.95 bits per heavy atom. The number of ether oxygens (including phenoxy) is 1. The maximum atomic E-state index is 14.2. The molecule has 1 N–H and O–H groups in total. The highest BCUT2D eigenvalue weighted by atomic mass is 79.9. The third-order valence-electron chi connectivity index (χ3n) is 3.09. The minimum atomic E-state index is -0.472. The van der Waals surface area contributed by atoms with Crippen molar-refractivity contribution in [1.29, 1.82) is 0 Å². The van der Waals surface area contributed by atoms with Crippen molar-refractivity contribution in [2.75, 3.05) is 14.2 Å². The molecule has 0 aliphatic carbocycles. The zero-order chi connectivity index (χ0) is 14.7. The fraction of sp³-hybridized carbons (Fsp3) is 0.200. The zero-order valence-corrected chi connectivity index (χ0v) is 12.7. The summed E-state index contributed by atoms with van der Waals surface area (Å²) in [5.41, 5.74) is 1.08. The van der Waals surface area contributed by atoms with Gasteiger partial charge in [0.05, 0.1) is 17.6 Å². The van der Waals surface area contributed by atoms with Gasteiger partial charge in [-0.15, -0.1) is 0 Å². The van der Waals surface area contributed by atoms with Crippen LogP contribution in [-0.4, -0.2) is 14.2 Å². The van der Waals surface area contributed by atoms with Gasteiger partial charge in [0.15, 0.2) is 11.6 Å². The Hall–Kier alpha value is -1.46. The molecule has 1 atom stereocenters. The van der Waals surface area contributed by atoms with E-state index in [0.29, 0.717) is 15.6 Å². The third kappa shape index (κ3) is 2.83. The standard InChI is InChI=1S/C15H14BrF2NO/c1-19-15(10-4-3-5-11(16)14(10)18)9-6-7-13(20-2)12(17)8-9/h3-8,15,19H,1-2H3. The van der Waals surface area contributed by atoms with Crippen molar-refractivity contribution in [2.24, 2.45) is 0 Å². The Morgan fingerprint density at radius 3 is 2.55 bits per heavy atom. The lowest BCUT2D eigenvalue weighted by molar-refractivity contribution is 0.386. The smallest absolute Gasteiger partial charge is 0.165 e. The largest absolute Gasteiger partial charge is 0.494 e. The molecule has 0 bridgehead atoms. The fourth-order valence-corrected chi connectivity index (χ4v) is 2.49. The van der Waals surface area contributed by atoms with Gasteiger partial charge < -0.3 is 10.1 Å². The minimum absolute atomic E-state index is 0.165. The highest BCUT2D eigenvalue weighted by Gasteiger charge is 2.19. The number of hydrogen-bond donors (Lipinski definition) is 1. The quantitative estimate of drug-likeness (QED) is 0.905. The van der Waals surface area contributed by atoms with Crippen LogP contribution in [0.1, 0.15) is 17.2 Å². The summed E-state index contributed by atoms with van der Waals surface area (Å²) in [6.07, 6.45) is 0. The molecule has 0 amide bonds. The van der Waals surface area contributed by atoms with Gasteiger partial charge in [-0.2, -0.15) is 0 Å². The Kier molecular flexibility index (Phi) is 4.73. The molecule has 1 unspecified atom stereocenters. The van der Waals surface area contributed by atoms with Crippen LogP contribution in [0.15, 0.2) is 40.9 Å². The van der Waals surface area contributed by atoms with E-state index in [0.717, 1.165) is 0 Å². The van der Waals surface area contributed by atoms with Crippen LogP contribution in [0.5, 0.6) is 5.75 Å². The topological polar surface area (TPSA) is 21.3 Å². The molecule has 0 saturated heterocycles. The molecule has 0 fully saturated rings. The van der Waals surface area contributed by atoms with Crippen molar-refractivity contribution in [2.45, 2.75) is 6.04 Å². The van der Waals surface area contributed by atoms with Crippen molar-refractivity contribution in [3.63, 3.8) is 0 Å². The summed E-state index contributed by atoms with van der Waals surface area (Å²) < 4.78 is 33.2. The fourth-order valence-electron chi connectivity index (χ4n) is 2.11. The van der Waals surface area contributed by atoms with Crippen molar-refractivity contribution in [3.8, 4) is 5.75 Å². The maximum absolute atomic E-state index is 14.2. The van der Waals surface area contributed by atoms with Gasteiger partial charge in [0, 0.05) is 5.56 Å². The van der Waals surface area contributed by atoms with E-state index in [1.54, 1.807) is 31.3 Å². The minimum Gasteiger partial charge on any atom is -0.494 e. The molecule has 106 valence electrons. The van der Waals surface area contributed by atoms with Gasteiger partial charge in [-0.05, 0) is 46.7 Å². The average molecular weight is 342 g/mol. The van der Waals surface area contributed by atoms with Gasteiger partial charge in [0.25, 0.3) is 0 Å². The Bertz CT molecular complexity index is 619. The van der Waals surface area contributed by atoms with Gasteiger partial charge in [-0.1, -0.05) is 18.2 Å². The summed E-state index contributed by atoms with van der Waals surface area (Å²) in [7, 11) is 3.11. The number of hydrogen-bond acceptors (Lipinski definition) is 2. The van der Waals surface area contributed by atoms with E-state index in [4.69, 9.17) is 4.74 Å². The predicted molar refractivity (Wildman–Crippen MR) is 78.0 cm³/mol. The van der Waals surface area contributed by atoms with E-state index in [1.165, 1.54) is 19.2 Å². The molecule has 20 heavy (non-hydrogen) atoms. The molecule has 2 aromatic rings. The second-order valence-electron chi connectivity index (χ2n) is 4.26. The number of nitrogens with one attached hydrogen (secondary N) is 1. The van der Waals surface area contributed by atoms with Gasteiger partial charge in [-0.25, -0.2) is 8.78 Å². The molecule has 0 saturated carbocycles. The molecule has 2 aromatic carbocycles. The van der Waals surface area contributed by atoms with E-state index in [9.17, 15) is 8.78 Å². The lowest BCUT2D eigenvalue weighted by Crippen LogP contribution is -2.19. The van der Waals surface area contributed by atoms with Gasteiger partial charge in [0.1, 0.15) is 5.82 Å². The summed E-state index contributed by atoms with van der Waals surface area (Å²) in [5, 5.41) is 3.00. The van der Waals surface area contributed by atoms with Gasteiger partial charge in [-0.3, -0.25) is 0 Å². The zero-order valence-electron chi connectivity index (χ0n) is 11.1. The molecule has 5 heteroatoms. The normalized spacial score (nSPS) is 12.2. The van der Waals surface area contributed by atoms with Crippen molar-refractivity contribution in [1.82, 2.24) is 5.32 Å². The highest BCUT2D eigenvalue weighted by molar-refractivity contribution is 9.10. The molecule has 0 heterocycles. The van der Waals surface area contributed by atoms with Gasteiger partial charge >= 0.3 is 0 Å². The molecule has 0 aromatic heterocycles. The second-order valence-corrected chi connectivity index (χ2v) is 5.11. The molecule has 0 radical (unpaired) electrons. The monoisotopic (exact) mass is 341 g/mol. The van der Waals surface area contributed by atoms with E-state index in [2.05, 4.69) is 21.2 Å². The van der Waals surface area contributed by atoms with Crippen LogP contribution in [0.4, 0.5) is 8.78 Å². The van der Waals surface area contributed by atoms with Crippen LogP contribution in [-0.2, 0) is 0 Å². The molecule has 0 aliphatic rings. The SMILES string of the molecule is CNC(c1ccc(OC)c(F)c1)c1cccc(Br)c1F. The van der Waals surface area contributed by atoms with E-state index < -0.39 is 11.9 Å². The summed E-state index contributed by atoms with van der Waals surface area (Å²) in [4.78, 5) is 0. The van der Waals surface area contributed by atoms with Crippen LogP contribution in [0.25, 0.3) is 0 Å². The van der Waals surface area contributed by atoms with Crippen LogP contribution >= 0.6 is 15.9 Å². The van der Waals surface area contributed by atoms with Crippen LogP contribution in [0.2, 0.25) is 0 Å². The molecule has 0 spiro atoms. The summed E-state index contributed by atoms with van der Waals surface area (Å²) in [5.74, 6) is -0.665. The number of halogens is 3. The Balaban J connectivity index is 2.47. The lowest BCUT2D eigenvalue weighted by Gasteiger charge is -2.19. The number of rotatable bonds is 4. The Morgan fingerprint density at radius 1 is 1.20 bits per heavy atom. The molecular formula is C15H14BrF2NO. The van der Waals surface area contributed by atoms with Crippen LogP contribution < -0.4 is 10.1 Å². The van der Waals surface area contributed by atoms with Gasteiger partial charge in [0.2, 0.25) is 0 Å². The molecule has 0 aliphatic heterocycles. The highest BCUT2D eigenvalue weighted by Crippen LogP contribution is 2.30. The average Bonchev–Trinajstić information content (AvgIpc) is 2.44. The first-order chi connectivity index (χ1) is 9.58. The van der Waals surface area contributed by atoms with Crippen molar-refractivity contribution >= 4 is 15.9 Å². The molecule has 2 rings (SSSR count). The third-order valence-corrected chi connectivity index (χ3v) is 3.70. The van der Waals surface area contributed by atoms with Crippen molar-refractivity contribution in [3.05, 3.63) is 63.6 Å². The van der Waals surface area contributed by atoms with E-state index in [1.807, 2.05) is 0 Å². The first-order valence-corrected chi connectivity index (χ1v) is 6.82. The van der Waals surface area contributed by atoms with Crippen molar-refractivity contribution < 1.29 is 13.5 Å². The first-order valence-electron chi connectivity index (χ1n) is 6.03. The van der Waals surface area contributed by atoms with E-state index in [-0.39, 0.29) is 11.6 Å².